The molecule has 0 aliphatic rings. The lowest BCUT2D eigenvalue weighted by molar-refractivity contribution is -0.208. The van der Waals surface area contributed by atoms with Gasteiger partial charge in [-0.15, -0.1) is 0 Å². The van der Waals surface area contributed by atoms with Crippen LogP contribution in [0.2, 0.25) is 0 Å². The highest BCUT2D eigenvalue weighted by molar-refractivity contribution is 5.07. The van der Waals surface area contributed by atoms with Gasteiger partial charge in [0.1, 0.15) is 12.0 Å². The minimum absolute atomic E-state index is 0.167. The first kappa shape index (κ1) is 12.0. The van der Waals surface area contributed by atoms with Crippen LogP contribution >= 0.6 is 0 Å². The average molecular weight is 223 g/mol. The van der Waals surface area contributed by atoms with Gasteiger partial charge < -0.3 is 9.52 Å². The molecule has 1 aromatic heterocycles. The van der Waals surface area contributed by atoms with E-state index in [-0.39, 0.29) is 5.89 Å². The zero-order chi connectivity index (χ0) is 11.9. The highest BCUT2D eigenvalue weighted by Gasteiger charge is 2.41. The molecule has 1 rings (SSSR count). The Hall–Kier alpha value is -1.04. The molecule has 0 aliphatic heterocycles. The van der Waals surface area contributed by atoms with E-state index in [9.17, 15) is 13.2 Å². The summed E-state index contributed by atoms with van der Waals surface area (Å²) in [4.78, 5) is 3.61. The van der Waals surface area contributed by atoms with Gasteiger partial charge in [-0.2, -0.15) is 13.2 Å². The van der Waals surface area contributed by atoms with E-state index in [4.69, 9.17) is 9.52 Å². The van der Waals surface area contributed by atoms with Gasteiger partial charge in [-0.1, -0.05) is 20.8 Å². The molecule has 0 bridgehead atoms. The number of alkyl halides is 3. The van der Waals surface area contributed by atoms with Gasteiger partial charge in [-0.25, -0.2) is 4.98 Å². The van der Waals surface area contributed by atoms with E-state index in [0.29, 0.717) is 0 Å². The zero-order valence-corrected chi connectivity index (χ0v) is 8.59. The first-order valence-electron chi connectivity index (χ1n) is 4.33. The Morgan fingerprint density at radius 3 is 2.20 bits per heavy atom. The molecular formula is C9H12F3NO2. The molecule has 1 unspecified atom stereocenters. The van der Waals surface area contributed by atoms with Crippen molar-refractivity contribution in [2.45, 2.75) is 38.5 Å². The third-order valence-electron chi connectivity index (χ3n) is 1.75. The minimum atomic E-state index is -4.72. The maximum Gasteiger partial charge on any atom is 0.420 e. The number of aliphatic hydroxyl groups excluding tert-OH is 1. The predicted molar refractivity (Wildman–Crippen MR) is 46.2 cm³/mol. The van der Waals surface area contributed by atoms with E-state index in [2.05, 4.69) is 4.98 Å². The fraction of sp³-hybridized carbons (Fsp3) is 0.667. The molecule has 15 heavy (non-hydrogen) atoms. The Morgan fingerprint density at radius 1 is 1.33 bits per heavy atom. The Bertz CT molecular complexity index is 338. The summed E-state index contributed by atoms with van der Waals surface area (Å²) in [6, 6.07) is 0. The molecule has 6 heteroatoms. The number of halogens is 3. The summed E-state index contributed by atoms with van der Waals surface area (Å²) >= 11 is 0. The largest absolute Gasteiger partial charge is 0.448 e. The standard InChI is InChI=1S/C9H12F3NO2/c1-8(2,3)7-13-5(4-15-7)6(14)9(10,11)12/h4,6,14H,1-3H3. The summed E-state index contributed by atoms with van der Waals surface area (Å²) in [5.41, 5.74) is -0.990. The van der Waals surface area contributed by atoms with Crippen molar-refractivity contribution in [1.82, 2.24) is 4.98 Å². The molecule has 3 nitrogen and oxygen atoms in total. The van der Waals surface area contributed by atoms with E-state index in [1.165, 1.54) is 0 Å². The van der Waals surface area contributed by atoms with E-state index in [1.54, 1.807) is 20.8 Å². The Morgan fingerprint density at radius 2 is 1.87 bits per heavy atom. The van der Waals surface area contributed by atoms with Crippen LogP contribution in [0.5, 0.6) is 0 Å². The van der Waals surface area contributed by atoms with Crippen molar-refractivity contribution in [1.29, 1.82) is 0 Å². The van der Waals surface area contributed by atoms with Crippen molar-refractivity contribution in [3.8, 4) is 0 Å². The minimum Gasteiger partial charge on any atom is -0.448 e. The van der Waals surface area contributed by atoms with Gasteiger partial charge in [0.15, 0.2) is 12.0 Å². The summed E-state index contributed by atoms with van der Waals surface area (Å²) in [6.07, 6.45) is -6.47. The highest BCUT2D eigenvalue weighted by Crippen LogP contribution is 2.33. The number of nitrogens with zero attached hydrogens (tertiary/aromatic N) is 1. The lowest BCUT2D eigenvalue weighted by Gasteiger charge is -2.13. The van der Waals surface area contributed by atoms with Crippen molar-refractivity contribution in [2.75, 3.05) is 0 Å². The van der Waals surface area contributed by atoms with E-state index in [1.807, 2.05) is 0 Å². The van der Waals surface area contributed by atoms with Crippen molar-refractivity contribution in [3.05, 3.63) is 17.8 Å². The number of rotatable bonds is 1. The highest BCUT2D eigenvalue weighted by atomic mass is 19.4. The van der Waals surface area contributed by atoms with E-state index in [0.717, 1.165) is 6.26 Å². The van der Waals surface area contributed by atoms with Crippen LogP contribution in [-0.2, 0) is 5.41 Å². The zero-order valence-electron chi connectivity index (χ0n) is 8.59. The normalized spacial score (nSPS) is 15.4. The Labute approximate surface area is 84.9 Å². The van der Waals surface area contributed by atoms with Gasteiger partial charge in [-0.05, 0) is 0 Å². The molecular weight excluding hydrogens is 211 g/mol. The van der Waals surface area contributed by atoms with Gasteiger partial charge in [-0.3, -0.25) is 0 Å². The van der Waals surface area contributed by atoms with Crippen LogP contribution in [-0.4, -0.2) is 16.3 Å². The molecule has 0 fully saturated rings. The van der Waals surface area contributed by atoms with Crippen molar-refractivity contribution >= 4 is 0 Å². The van der Waals surface area contributed by atoms with Crippen LogP contribution in [0.3, 0.4) is 0 Å². The van der Waals surface area contributed by atoms with Crippen LogP contribution < -0.4 is 0 Å². The molecule has 0 radical (unpaired) electrons. The maximum absolute atomic E-state index is 12.1. The molecule has 1 N–H and O–H groups in total. The summed E-state index contributed by atoms with van der Waals surface area (Å²) in [7, 11) is 0. The molecule has 0 aliphatic carbocycles. The predicted octanol–water partition coefficient (Wildman–Crippen LogP) is 2.57. The number of aromatic nitrogens is 1. The van der Waals surface area contributed by atoms with Gasteiger partial charge in [0.05, 0.1) is 0 Å². The maximum atomic E-state index is 12.1. The fourth-order valence-electron chi connectivity index (χ4n) is 0.924. The summed E-state index contributed by atoms with van der Waals surface area (Å²) in [5.74, 6) is 0.167. The number of aliphatic hydroxyl groups is 1. The van der Waals surface area contributed by atoms with Gasteiger partial charge in [0.25, 0.3) is 0 Å². The van der Waals surface area contributed by atoms with Crippen LogP contribution in [0.4, 0.5) is 13.2 Å². The van der Waals surface area contributed by atoms with E-state index >= 15 is 0 Å². The second-order valence-corrected chi connectivity index (χ2v) is 4.27. The molecule has 1 heterocycles. The molecule has 0 saturated carbocycles. The molecule has 1 atom stereocenters. The number of oxazole rings is 1. The lowest BCUT2D eigenvalue weighted by Crippen LogP contribution is -2.21. The van der Waals surface area contributed by atoms with Crippen LogP contribution in [0.25, 0.3) is 0 Å². The smallest absolute Gasteiger partial charge is 0.420 e. The van der Waals surface area contributed by atoms with Crippen LogP contribution in [0.15, 0.2) is 10.7 Å². The SMILES string of the molecule is CC(C)(C)c1nc(C(O)C(F)(F)F)co1. The molecule has 86 valence electrons. The Balaban J connectivity index is 2.95. The molecule has 0 aromatic carbocycles. The number of hydrogen-bond acceptors (Lipinski definition) is 3. The second-order valence-electron chi connectivity index (χ2n) is 4.27. The summed E-state index contributed by atoms with van der Waals surface area (Å²) in [6.45, 7) is 5.26. The number of hydrogen-bond donors (Lipinski definition) is 1. The first-order chi connectivity index (χ1) is 6.62. The average Bonchev–Trinajstić information content (AvgIpc) is 2.47. The topological polar surface area (TPSA) is 46.3 Å². The third-order valence-corrected chi connectivity index (χ3v) is 1.75. The van der Waals surface area contributed by atoms with Crippen molar-refractivity contribution in [3.63, 3.8) is 0 Å². The Kier molecular flexibility index (Phi) is 2.82. The van der Waals surface area contributed by atoms with Gasteiger partial charge in [0.2, 0.25) is 0 Å². The van der Waals surface area contributed by atoms with E-state index < -0.39 is 23.4 Å². The molecule has 0 amide bonds. The molecule has 1 aromatic rings. The monoisotopic (exact) mass is 223 g/mol. The molecule has 0 spiro atoms. The van der Waals surface area contributed by atoms with Gasteiger partial charge in [0, 0.05) is 5.41 Å². The lowest BCUT2D eigenvalue weighted by atomic mass is 9.97. The van der Waals surface area contributed by atoms with Crippen molar-refractivity contribution < 1.29 is 22.7 Å². The molecule has 0 saturated heterocycles. The summed E-state index contributed by atoms with van der Waals surface area (Å²) in [5, 5.41) is 8.89. The van der Waals surface area contributed by atoms with Gasteiger partial charge >= 0.3 is 6.18 Å². The first-order valence-corrected chi connectivity index (χ1v) is 4.33. The van der Waals surface area contributed by atoms with Crippen molar-refractivity contribution in [2.24, 2.45) is 0 Å². The fourth-order valence-corrected chi connectivity index (χ4v) is 0.924. The quantitative estimate of drug-likeness (QED) is 0.795. The van der Waals surface area contributed by atoms with Crippen LogP contribution in [0.1, 0.15) is 38.5 Å². The second kappa shape index (κ2) is 3.52. The third kappa shape index (κ3) is 2.71. The van der Waals surface area contributed by atoms with Crippen LogP contribution in [0, 0.1) is 0 Å². The summed E-state index contributed by atoms with van der Waals surface area (Å²) < 4.78 is 41.2.